The first-order valence-electron chi connectivity index (χ1n) is 4.62. The van der Waals surface area contributed by atoms with Gasteiger partial charge in [-0.1, -0.05) is 6.92 Å². The van der Waals surface area contributed by atoms with Gasteiger partial charge in [-0.05, 0) is 18.8 Å². The van der Waals surface area contributed by atoms with Gasteiger partial charge in [0.25, 0.3) is 0 Å². The van der Waals surface area contributed by atoms with E-state index in [0.717, 1.165) is 25.9 Å². The molecule has 3 nitrogen and oxygen atoms in total. The summed E-state index contributed by atoms with van der Waals surface area (Å²) in [5, 5.41) is 8.81. The van der Waals surface area contributed by atoms with Crippen LogP contribution in [0.4, 0.5) is 0 Å². The number of likely N-dealkylation sites (tertiary alicyclic amines) is 1. The van der Waals surface area contributed by atoms with Crippen molar-refractivity contribution in [2.75, 3.05) is 19.7 Å². The van der Waals surface area contributed by atoms with Gasteiger partial charge < -0.3 is 10.0 Å². The molecule has 1 aliphatic rings. The highest BCUT2D eigenvalue weighted by Gasteiger charge is 2.19. The zero-order valence-electron chi connectivity index (χ0n) is 7.62. The Morgan fingerprint density at radius 3 is 2.92 bits per heavy atom. The fourth-order valence-electron chi connectivity index (χ4n) is 1.49. The lowest BCUT2D eigenvalue weighted by Gasteiger charge is -2.28. The molecular weight excluding hydrogens is 154 g/mol. The molecule has 1 atom stereocenters. The highest BCUT2D eigenvalue weighted by atomic mass is 16.3. The Balaban J connectivity index is 2.34. The summed E-state index contributed by atoms with van der Waals surface area (Å²) in [5.74, 6) is 0.466. The molecule has 1 amide bonds. The second-order valence-corrected chi connectivity index (χ2v) is 3.58. The molecule has 1 saturated heterocycles. The van der Waals surface area contributed by atoms with Gasteiger partial charge in [-0.3, -0.25) is 4.79 Å². The number of aliphatic hydroxyl groups is 1. The number of nitrogens with zero attached hydrogens (tertiary/aromatic N) is 1. The molecule has 0 unspecified atom stereocenters. The van der Waals surface area contributed by atoms with E-state index in [2.05, 4.69) is 0 Å². The molecule has 0 aromatic carbocycles. The van der Waals surface area contributed by atoms with Crippen LogP contribution >= 0.6 is 0 Å². The summed E-state index contributed by atoms with van der Waals surface area (Å²) < 4.78 is 0. The third-order valence-electron chi connectivity index (χ3n) is 2.27. The smallest absolute Gasteiger partial charge is 0.222 e. The summed E-state index contributed by atoms with van der Waals surface area (Å²) >= 11 is 0. The molecule has 0 saturated carbocycles. The molecule has 70 valence electrons. The van der Waals surface area contributed by atoms with Crippen molar-refractivity contribution >= 4 is 5.91 Å². The molecule has 3 heteroatoms. The third-order valence-corrected chi connectivity index (χ3v) is 2.27. The monoisotopic (exact) mass is 171 g/mol. The first kappa shape index (κ1) is 9.52. The highest BCUT2D eigenvalue weighted by molar-refractivity contribution is 5.76. The Bertz CT molecular complexity index is 159. The maximum atomic E-state index is 11.3. The van der Waals surface area contributed by atoms with E-state index in [0.29, 0.717) is 6.42 Å². The van der Waals surface area contributed by atoms with Gasteiger partial charge in [0.1, 0.15) is 0 Å². The van der Waals surface area contributed by atoms with Crippen LogP contribution in [0, 0.1) is 5.92 Å². The van der Waals surface area contributed by atoms with Gasteiger partial charge in [-0.2, -0.15) is 0 Å². The average molecular weight is 171 g/mol. The van der Waals surface area contributed by atoms with Crippen molar-refractivity contribution in [2.24, 2.45) is 5.92 Å². The predicted octanol–water partition coefficient (Wildman–Crippen LogP) is 0.627. The lowest BCUT2D eigenvalue weighted by molar-refractivity contribution is -0.134. The van der Waals surface area contributed by atoms with Crippen molar-refractivity contribution in [1.82, 2.24) is 4.90 Å². The predicted molar refractivity (Wildman–Crippen MR) is 46.7 cm³/mol. The number of amides is 1. The van der Waals surface area contributed by atoms with Gasteiger partial charge in [0.2, 0.25) is 5.91 Å². The fraction of sp³-hybridized carbons (Fsp3) is 0.889. The van der Waals surface area contributed by atoms with Crippen LogP contribution in [-0.2, 0) is 4.79 Å². The van der Waals surface area contributed by atoms with Crippen LogP contribution in [0.25, 0.3) is 0 Å². The quantitative estimate of drug-likeness (QED) is 0.676. The Morgan fingerprint density at radius 2 is 2.33 bits per heavy atom. The van der Waals surface area contributed by atoms with Crippen molar-refractivity contribution in [3.8, 4) is 0 Å². The lowest BCUT2D eigenvalue weighted by atomic mass is 10.1. The van der Waals surface area contributed by atoms with Crippen LogP contribution in [0.15, 0.2) is 0 Å². The molecule has 0 aromatic rings. The van der Waals surface area contributed by atoms with Gasteiger partial charge in [0.05, 0.1) is 0 Å². The van der Waals surface area contributed by atoms with E-state index in [1.54, 1.807) is 0 Å². The summed E-state index contributed by atoms with van der Waals surface area (Å²) in [6, 6.07) is 0. The van der Waals surface area contributed by atoms with Crippen molar-refractivity contribution in [3.63, 3.8) is 0 Å². The number of hydrogen-bond acceptors (Lipinski definition) is 2. The second kappa shape index (κ2) is 4.45. The van der Waals surface area contributed by atoms with Gasteiger partial charge >= 0.3 is 0 Å². The average Bonchev–Trinajstić information content (AvgIpc) is 2.09. The topological polar surface area (TPSA) is 40.5 Å². The number of rotatable bonds is 3. The van der Waals surface area contributed by atoms with Gasteiger partial charge in [-0.15, -0.1) is 0 Å². The van der Waals surface area contributed by atoms with E-state index in [-0.39, 0.29) is 18.4 Å². The zero-order chi connectivity index (χ0) is 8.97. The number of carbonyl (C=O) groups is 1. The van der Waals surface area contributed by atoms with Gasteiger partial charge in [0.15, 0.2) is 0 Å². The lowest BCUT2D eigenvalue weighted by Crippen LogP contribution is -2.38. The van der Waals surface area contributed by atoms with E-state index in [1.165, 1.54) is 0 Å². The first-order valence-corrected chi connectivity index (χ1v) is 4.62. The van der Waals surface area contributed by atoms with E-state index in [9.17, 15) is 4.79 Å². The van der Waals surface area contributed by atoms with Crippen molar-refractivity contribution in [3.05, 3.63) is 0 Å². The maximum absolute atomic E-state index is 11.3. The van der Waals surface area contributed by atoms with Crippen molar-refractivity contribution < 1.29 is 9.90 Å². The molecule has 1 N–H and O–H groups in total. The molecule has 1 aliphatic heterocycles. The fourth-order valence-corrected chi connectivity index (χ4v) is 1.49. The molecule has 0 radical (unpaired) electrons. The van der Waals surface area contributed by atoms with Crippen LogP contribution in [0.2, 0.25) is 0 Å². The molecular formula is C9H17NO2. The van der Waals surface area contributed by atoms with Gasteiger partial charge in [-0.25, -0.2) is 0 Å². The Hall–Kier alpha value is -0.570. The van der Waals surface area contributed by atoms with Crippen LogP contribution in [0.3, 0.4) is 0 Å². The Labute approximate surface area is 73.4 Å². The summed E-state index contributed by atoms with van der Waals surface area (Å²) in [4.78, 5) is 13.2. The summed E-state index contributed by atoms with van der Waals surface area (Å²) in [5.41, 5.74) is 0. The molecule has 1 heterocycles. The first-order chi connectivity index (χ1) is 5.74. The summed E-state index contributed by atoms with van der Waals surface area (Å²) in [6.45, 7) is 3.73. The number of hydrogen-bond donors (Lipinski definition) is 1. The van der Waals surface area contributed by atoms with E-state index >= 15 is 0 Å². The molecule has 12 heavy (non-hydrogen) atoms. The second-order valence-electron chi connectivity index (χ2n) is 3.58. The molecule has 1 rings (SSSR count). The maximum Gasteiger partial charge on any atom is 0.222 e. The van der Waals surface area contributed by atoms with Crippen LogP contribution in [0.5, 0.6) is 0 Å². The largest absolute Gasteiger partial charge is 0.396 e. The number of piperidine rings is 1. The summed E-state index contributed by atoms with van der Waals surface area (Å²) in [6.07, 6.45) is 2.84. The van der Waals surface area contributed by atoms with E-state index < -0.39 is 0 Å². The molecule has 0 aromatic heterocycles. The standard InChI is InChI=1S/C9H17NO2/c1-8(7-11)6-10-5-3-2-4-9(10)12/h8,11H,2-7H2,1H3/t8-/m0/s1. The minimum absolute atomic E-state index is 0.170. The highest BCUT2D eigenvalue weighted by Crippen LogP contribution is 2.11. The minimum atomic E-state index is 0.170. The third kappa shape index (κ3) is 2.48. The molecule has 0 bridgehead atoms. The number of carbonyl (C=O) groups excluding carboxylic acids is 1. The number of aliphatic hydroxyl groups excluding tert-OH is 1. The minimum Gasteiger partial charge on any atom is -0.396 e. The Morgan fingerprint density at radius 1 is 1.58 bits per heavy atom. The van der Waals surface area contributed by atoms with Crippen molar-refractivity contribution in [2.45, 2.75) is 26.2 Å². The van der Waals surface area contributed by atoms with Crippen LogP contribution < -0.4 is 0 Å². The van der Waals surface area contributed by atoms with Crippen LogP contribution in [-0.4, -0.2) is 35.6 Å². The summed E-state index contributed by atoms with van der Waals surface area (Å²) in [7, 11) is 0. The van der Waals surface area contributed by atoms with Crippen molar-refractivity contribution in [1.29, 1.82) is 0 Å². The zero-order valence-corrected chi connectivity index (χ0v) is 7.62. The van der Waals surface area contributed by atoms with Gasteiger partial charge in [0, 0.05) is 26.1 Å². The molecule has 0 aliphatic carbocycles. The normalized spacial score (nSPS) is 21.2. The molecule has 1 fully saturated rings. The van der Waals surface area contributed by atoms with Crippen LogP contribution in [0.1, 0.15) is 26.2 Å². The van der Waals surface area contributed by atoms with E-state index in [1.807, 2.05) is 11.8 Å². The van der Waals surface area contributed by atoms with E-state index in [4.69, 9.17) is 5.11 Å². The SMILES string of the molecule is C[C@H](CO)CN1CCCCC1=O. The molecule has 0 spiro atoms. The Kier molecular flexibility index (Phi) is 3.53.